The molecular weight excluding hydrogens is 886 g/mol. The minimum absolute atomic E-state index is 0.0582. The third-order valence-electron chi connectivity index (χ3n) is 14.5. The van der Waals surface area contributed by atoms with Crippen molar-refractivity contribution < 1.29 is 71.3 Å². The number of aliphatic hydroxyl groups is 1. The van der Waals surface area contributed by atoms with Crippen molar-refractivity contribution in [1.82, 2.24) is 15.2 Å². The van der Waals surface area contributed by atoms with E-state index in [4.69, 9.17) is 42.6 Å². The molecule has 2 aliphatic heterocycles. The number of rotatable bonds is 13. The second-order valence-corrected chi connectivity index (χ2v) is 21.3. The van der Waals surface area contributed by atoms with Crippen LogP contribution in [0.5, 0.6) is 0 Å². The number of carbonyl (C=O) groups is 4. The highest BCUT2D eigenvalue weighted by Crippen LogP contribution is 2.66. The van der Waals surface area contributed by atoms with Crippen molar-refractivity contribution in [2.24, 2.45) is 16.7 Å². The molecule has 2 saturated carbocycles. The average molecular weight is 954 g/mol. The number of halogens is 1. The molecule has 1 amide bonds. The largest absolute Gasteiger partial charge is 0.456 e. The number of fused-ring (bicyclic) bond motifs is 8. The Morgan fingerprint density at radius 1 is 1.01 bits per heavy atom. The molecule has 2 saturated heterocycles. The van der Waals surface area contributed by atoms with Crippen LogP contribution >= 0.6 is 0 Å². The number of pyridine rings is 1. The van der Waals surface area contributed by atoms with E-state index in [1.165, 1.54) is 40.1 Å². The number of amides is 1. The van der Waals surface area contributed by atoms with Crippen LogP contribution in [-0.4, -0.2) is 139 Å². The summed E-state index contributed by atoms with van der Waals surface area (Å²) >= 11 is 0. The van der Waals surface area contributed by atoms with Crippen LogP contribution in [-0.2, 0) is 52.2 Å². The van der Waals surface area contributed by atoms with Crippen molar-refractivity contribution in [3.8, 4) is 0 Å². The van der Waals surface area contributed by atoms with E-state index >= 15 is 9.18 Å². The Hall–Kier alpha value is -4.56. The molecule has 68 heavy (non-hydrogen) atoms. The van der Waals surface area contributed by atoms with Crippen LogP contribution in [0.3, 0.4) is 0 Å². The van der Waals surface area contributed by atoms with Gasteiger partial charge in [-0.05, 0) is 104 Å². The van der Waals surface area contributed by atoms with Crippen molar-refractivity contribution in [2.45, 2.75) is 160 Å². The SMILES string of the molecule is COC(C)(C)O[C@@H](C(=O)O[C@H]1C[C@@]2(O)[C@@H](OC(=O)c3ccccc3)[C@H]3[C@@](C)(CCC4OC[C@]43OC(C)=O)[C@@H]3O[C@H](CN(C)C)O[C@@H]3C(=C1C)C2(C)C)[C@@H](NC(=O)OC(C)(C)C)c1ncccc1F. The summed E-state index contributed by atoms with van der Waals surface area (Å²) in [6, 6.07) is 9.17. The van der Waals surface area contributed by atoms with Crippen molar-refractivity contribution in [3.05, 3.63) is 76.9 Å². The van der Waals surface area contributed by atoms with Gasteiger partial charge in [-0.3, -0.25) is 9.78 Å². The number of esters is 3. The van der Waals surface area contributed by atoms with E-state index in [0.717, 1.165) is 6.07 Å². The van der Waals surface area contributed by atoms with Gasteiger partial charge in [0.05, 0.1) is 24.2 Å². The van der Waals surface area contributed by atoms with Crippen LogP contribution < -0.4 is 5.32 Å². The zero-order chi connectivity index (χ0) is 49.9. The first kappa shape index (κ1) is 51.3. The lowest BCUT2D eigenvalue weighted by Gasteiger charge is -2.68. The Morgan fingerprint density at radius 3 is 2.29 bits per heavy atom. The van der Waals surface area contributed by atoms with Gasteiger partial charge < -0.3 is 58.0 Å². The third-order valence-corrected chi connectivity index (χ3v) is 14.5. The van der Waals surface area contributed by atoms with Crippen LogP contribution in [0.1, 0.15) is 111 Å². The fraction of sp³-hybridized carbons (Fsp3) is 0.660. The van der Waals surface area contributed by atoms with Gasteiger partial charge in [-0.25, -0.2) is 18.8 Å². The van der Waals surface area contributed by atoms with Gasteiger partial charge >= 0.3 is 24.0 Å². The van der Waals surface area contributed by atoms with Crippen molar-refractivity contribution in [1.29, 1.82) is 0 Å². The molecule has 374 valence electrons. The van der Waals surface area contributed by atoms with Crippen LogP contribution in [0, 0.1) is 22.6 Å². The molecular formula is C50H68FN3O14. The molecule has 1 unspecified atom stereocenters. The number of hydrogen-bond donors (Lipinski definition) is 2. The summed E-state index contributed by atoms with van der Waals surface area (Å²) in [5, 5.41) is 16.7. The molecule has 4 fully saturated rings. The van der Waals surface area contributed by atoms with E-state index in [0.29, 0.717) is 30.5 Å². The number of ether oxygens (including phenoxy) is 9. The predicted molar refractivity (Wildman–Crippen MR) is 241 cm³/mol. The van der Waals surface area contributed by atoms with Gasteiger partial charge in [0.15, 0.2) is 23.8 Å². The molecule has 17 nitrogen and oxygen atoms in total. The molecule has 1 aromatic heterocycles. The lowest BCUT2D eigenvalue weighted by Crippen LogP contribution is -2.79. The smallest absolute Gasteiger partial charge is 0.408 e. The topological polar surface area (TPSA) is 200 Å². The molecule has 18 heteroatoms. The molecule has 3 aliphatic carbocycles. The Bertz CT molecular complexity index is 2270. The Morgan fingerprint density at radius 2 is 1.71 bits per heavy atom. The zero-order valence-corrected chi connectivity index (χ0v) is 41.4. The first-order valence-corrected chi connectivity index (χ1v) is 23.2. The van der Waals surface area contributed by atoms with E-state index < -0.39 is 118 Å². The van der Waals surface area contributed by atoms with E-state index in [1.807, 2.05) is 39.8 Å². The fourth-order valence-electron chi connectivity index (χ4n) is 11.2. The number of alkyl carbamates (subject to hydrolysis) is 1. The summed E-state index contributed by atoms with van der Waals surface area (Å²) < 4.78 is 73.0. The number of aromatic nitrogens is 1. The van der Waals surface area contributed by atoms with Crippen LogP contribution in [0.2, 0.25) is 0 Å². The van der Waals surface area contributed by atoms with Gasteiger partial charge in [0.25, 0.3) is 0 Å². The highest BCUT2D eigenvalue weighted by Gasteiger charge is 2.77. The van der Waals surface area contributed by atoms with Crippen LogP contribution in [0.25, 0.3) is 0 Å². The highest BCUT2D eigenvalue weighted by atomic mass is 19.1. The van der Waals surface area contributed by atoms with Crippen LogP contribution in [0.15, 0.2) is 59.8 Å². The second-order valence-electron chi connectivity index (χ2n) is 21.3. The minimum atomic E-state index is -2.13. The normalized spacial score (nSPS) is 32.7. The van der Waals surface area contributed by atoms with Crippen molar-refractivity contribution in [2.75, 3.05) is 34.4 Å². The van der Waals surface area contributed by atoms with Crippen molar-refractivity contribution >= 4 is 24.0 Å². The van der Waals surface area contributed by atoms with Gasteiger partial charge in [-0.2, -0.15) is 0 Å². The van der Waals surface area contributed by atoms with Gasteiger partial charge in [0, 0.05) is 44.0 Å². The quantitative estimate of drug-likeness (QED) is 0.103. The Kier molecular flexibility index (Phi) is 14.1. The summed E-state index contributed by atoms with van der Waals surface area (Å²) in [6.45, 7) is 17.0. The number of methoxy groups -OCH3 is 1. The van der Waals surface area contributed by atoms with E-state index in [1.54, 1.807) is 58.0 Å². The Labute approximate surface area is 397 Å². The van der Waals surface area contributed by atoms with Gasteiger partial charge in [-0.1, -0.05) is 39.0 Å². The first-order chi connectivity index (χ1) is 31.7. The third kappa shape index (κ3) is 9.41. The molecule has 2 bridgehead atoms. The lowest BCUT2D eigenvalue weighted by molar-refractivity contribution is -0.345. The molecule has 1 aromatic carbocycles. The fourth-order valence-corrected chi connectivity index (χ4v) is 11.2. The number of nitrogens with one attached hydrogen (secondary N) is 1. The monoisotopic (exact) mass is 953 g/mol. The summed E-state index contributed by atoms with van der Waals surface area (Å²) in [5.41, 5.74) is -6.00. The standard InChI is InChI=1S/C50H68FN3O14/c1-27-31(62-43(57)38(67-47(8,9)60-13)36(35-30(51)20-17-23-52-35)53-44(58)68-45(3,4)5)24-50(59)41(65-42(56)29-18-15-14-16-19-29)39-48(10,22-21-32-49(39,26-61-32)66-28(2)55)40-37(34(27)46(50,6)7)63-33(64-40)25-54(11)12/h14-20,23,31-33,36-41,59H,21-22,24-26H2,1-13H3,(H,53,58)/t31-,32?,33+,36-,37+,38+,39-,40+,41-,48+,49-,50+/m0/s1. The minimum Gasteiger partial charge on any atom is -0.456 e. The maximum atomic E-state index is 15.9. The van der Waals surface area contributed by atoms with Crippen molar-refractivity contribution in [3.63, 3.8) is 0 Å². The van der Waals surface area contributed by atoms with E-state index in [2.05, 4.69) is 10.3 Å². The molecule has 0 spiro atoms. The number of carbonyl (C=O) groups excluding carboxylic acids is 4. The number of hydrogen-bond acceptors (Lipinski definition) is 16. The number of benzene rings is 1. The molecule has 2 aromatic rings. The molecule has 3 heterocycles. The molecule has 0 radical (unpaired) electrons. The molecule has 2 N–H and O–H groups in total. The Balaban J connectivity index is 1.43. The maximum absolute atomic E-state index is 15.9. The van der Waals surface area contributed by atoms with Gasteiger partial charge in [0.2, 0.25) is 0 Å². The molecule has 7 rings (SSSR count). The number of nitrogens with zero attached hydrogens (tertiary/aromatic N) is 2. The maximum Gasteiger partial charge on any atom is 0.408 e. The number of likely N-dealkylation sites (N-methyl/N-ethyl adjacent to an activating group) is 1. The van der Waals surface area contributed by atoms with E-state index in [9.17, 15) is 19.5 Å². The average Bonchev–Trinajstić information content (AvgIpc) is 3.64. The first-order valence-electron chi connectivity index (χ1n) is 23.2. The zero-order valence-electron chi connectivity index (χ0n) is 41.4. The highest BCUT2D eigenvalue weighted by molar-refractivity contribution is 5.89. The molecule has 5 aliphatic rings. The van der Waals surface area contributed by atoms with Gasteiger partial charge in [0.1, 0.15) is 53.2 Å². The summed E-state index contributed by atoms with van der Waals surface area (Å²) in [4.78, 5) is 62.7. The summed E-state index contributed by atoms with van der Waals surface area (Å²) in [6.07, 6.45) is -6.90. The summed E-state index contributed by atoms with van der Waals surface area (Å²) in [7, 11) is 5.12. The second kappa shape index (κ2) is 18.6. The van der Waals surface area contributed by atoms with Crippen LogP contribution in [0.4, 0.5) is 9.18 Å². The summed E-state index contributed by atoms with van der Waals surface area (Å²) in [5.74, 6) is -5.83. The molecule has 12 atom stereocenters. The predicted octanol–water partition coefficient (Wildman–Crippen LogP) is 5.97. The van der Waals surface area contributed by atoms with Gasteiger partial charge in [-0.15, -0.1) is 0 Å². The van der Waals surface area contributed by atoms with E-state index in [-0.39, 0.29) is 24.3 Å². The lowest BCUT2D eigenvalue weighted by atomic mass is 9.45.